The molecule has 31 heavy (non-hydrogen) atoms. The van der Waals surface area contributed by atoms with Crippen LogP contribution in [0, 0.1) is 10.1 Å². The van der Waals surface area contributed by atoms with Gasteiger partial charge in [0.1, 0.15) is 5.56 Å². The molecule has 0 radical (unpaired) electrons. The van der Waals surface area contributed by atoms with Crippen LogP contribution in [0.1, 0.15) is 15.9 Å². The molecule has 0 spiro atoms. The van der Waals surface area contributed by atoms with Crippen molar-refractivity contribution in [3.05, 3.63) is 45.5 Å². The smallest absolute Gasteiger partial charge is 0.311 e. The predicted octanol–water partition coefficient (Wildman–Crippen LogP) is 3.54. The van der Waals surface area contributed by atoms with Crippen LogP contribution < -0.4 is 28.4 Å². The molecule has 10 nitrogen and oxygen atoms in total. The number of ketones is 1. The van der Waals surface area contributed by atoms with Crippen LogP contribution in [0.4, 0.5) is 5.69 Å². The third-order valence-electron chi connectivity index (χ3n) is 4.37. The highest BCUT2D eigenvalue weighted by molar-refractivity contribution is 6.12. The van der Waals surface area contributed by atoms with Gasteiger partial charge < -0.3 is 28.4 Å². The Balaban J connectivity index is 2.62. The Kier molecular flexibility index (Phi) is 7.67. The number of allylic oxidation sites excluding steroid dienone is 1. The van der Waals surface area contributed by atoms with Gasteiger partial charge in [-0.25, -0.2) is 0 Å². The van der Waals surface area contributed by atoms with Crippen LogP contribution in [-0.2, 0) is 0 Å². The highest BCUT2D eigenvalue weighted by Crippen LogP contribution is 2.53. The Hall–Kier alpha value is -3.95. The molecule has 0 aliphatic carbocycles. The summed E-state index contributed by atoms with van der Waals surface area (Å²) in [7, 11) is 8.29. The number of hydrogen-bond acceptors (Lipinski definition) is 9. The van der Waals surface area contributed by atoms with Crippen LogP contribution in [0.15, 0.2) is 24.3 Å². The zero-order valence-corrected chi connectivity index (χ0v) is 18.0. The summed E-state index contributed by atoms with van der Waals surface area (Å²) in [5.41, 5.74) is 0.241. The number of nitrogens with zero attached hydrogens (tertiary/aromatic N) is 1. The van der Waals surface area contributed by atoms with Crippen molar-refractivity contribution in [3.63, 3.8) is 0 Å². The fourth-order valence-electron chi connectivity index (χ4n) is 3.02. The van der Waals surface area contributed by atoms with Crippen LogP contribution >= 0.6 is 0 Å². The van der Waals surface area contributed by atoms with Gasteiger partial charge in [0.2, 0.25) is 17.2 Å². The minimum absolute atomic E-state index is 0.0405. The number of rotatable bonds is 10. The molecule has 0 saturated heterocycles. The van der Waals surface area contributed by atoms with Crippen molar-refractivity contribution in [2.75, 3.05) is 42.7 Å². The van der Waals surface area contributed by atoms with Gasteiger partial charge in [-0.1, -0.05) is 12.1 Å². The number of nitro groups is 1. The second-order valence-corrected chi connectivity index (χ2v) is 5.93. The zero-order valence-electron chi connectivity index (χ0n) is 18.0. The first kappa shape index (κ1) is 23.3. The van der Waals surface area contributed by atoms with Gasteiger partial charge in [0.25, 0.3) is 0 Å². The van der Waals surface area contributed by atoms with Gasteiger partial charge in [-0.05, 0) is 17.7 Å². The molecule has 166 valence electrons. The lowest BCUT2D eigenvalue weighted by Crippen LogP contribution is -2.08. The first-order chi connectivity index (χ1) is 14.9. The van der Waals surface area contributed by atoms with E-state index in [0.717, 1.165) is 0 Å². The van der Waals surface area contributed by atoms with Crippen molar-refractivity contribution in [1.29, 1.82) is 0 Å². The van der Waals surface area contributed by atoms with Crippen molar-refractivity contribution >= 4 is 17.5 Å². The Morgan fingerprint density at radius 1 is 0.806 bits per heavy atom. The van der Waals surface area contributed by atoms with Crippen LogP contribution in [0.3, 0.4) is 0 Å². The van der Waals surface area contributed by atoms with E-state index >= 15 is 0 Å². The first-order valence-corrected chi connectivity index (χ1v) is 8.87. The van der Waals surface area contributed by atoms with Gasteiger partial charge in [-0.15, -0.1) is 0 Å². The third kappa shape index (κ3) is 4.47. The summed E-state index contributed by atoms with van der Waals surface area (Å²) in [5.74, 6) is 0.288. The molecule has 2 rings (SSSR count). The van der Waals surface area contributed by atoms with Crippen molar-refractivity contribution in [2.45, 2.75) is 0 Å². The van der Waals surface area contributed by atoms with Crippen molar-refractivity contribution in [1.82, 2.24) is 0 Å². The molecular weight excluding hydrogens is 410 g/mol. The van der Waals surface area contributed by atoms with E-state index in [9.17, 15) is 14.9 Å². The Morgan fingerprint density at radius 2 is 1.29 bits per heavy atom. The number of carbonyl (C=O) groups is 1. The molecule has 0 fully saturated rings. The van der Waals surface area contributed by atoms with Gasteiger partial charge in [0.05, 0.1) is 47.6 Å². The molecule has 10 heteroatoms. The summed E-state index contributed by atoms with van der Waals surface area (Å²) in [6, 6.07) is 4.33. The highest BCUT2D eigenvalue weighted by Gasteiger charge is 2.31. The number of carbonyl (C=O) groups excluding carboxylic acids is 1. The molecule has 0 aromatic heterocycles. The lowest BCUT2D eigenvalue weighted by atomic mass is 10.0. The van der Waals surface area contributed by atoms with E-state index < -0.39 is 10.7 Å². The maximum Gasteiger partial charge on any atom is 0.311 e. The monoisotopic (exact) mass is 433 g/mol. The van der Waals surface area contributed by atoms with E-state index in [2.05, 4.69) is 0 Å². The lowest BCUT2D eigenvalue weighted by molar-refractivity contribution is -0.385. The summed E-state index contributed by atoms with van der Waals surface area (Å²) in [6.07, 6.45) is 2.66. The summed E-state index contributed by atoms with van der Waals surface area (Å²) >= 11 is 0. The number of nitro benzene ring substituents is 1. The van der Waals surface area contributed by atoms with Gasteiger partial charge in [-0.2, -0.15) is 0 Å². The molecule has 0 heterocycles. The third-order valence-corrected chi connectivity index (χ3v) is 4.37. The minimum atomic E-state index is -0.566. The summed E-state index contributed by atoms with van der Waals surface area (Å²) in [5, 5.41) is 11.2. The number of ether oxygens (including phenoxy) is 6. The van der Waals surface area contributed by atoms with E-state index in [1.165, 1.54) is 66.9 Å². The van der Waals surface area contributed by atoms with E-state index in [0.29, 0.717) is 5.56 Å². The molecule has 0 amide bonds. The summed E-state index contributed by atoms with van der Waals surface area (Å²) < 4.78 is 31.9. The van der Waals surface area contributed by atoms with Gasteiger partial charge in [0.15, 0.2) is 23.0 Å². The van der Waals surface area contributed by atoms with Crippen LogP contribution in [0.25, 0.3) is 6.08 Å². The molecule has 2 aromatic rings. The molecule has 2 aromatic carbocycles. The average Bonchev–Trinajstić information content (AvgIpc) is 2.79. The standard InChI is InChI=1S/C21H23NO9/c1-26-15-10-8-12(11-13(15)22(24)25)7-9-14(23)16-17(27-2)19(29-4)21(31-6)20(30-5)18(16)28-3/h7-11H,1-6H3/b9-7+. The summed E-state index contributed by atoms with van der Waals surface area (Å²) in [6.45, 7) is 0. The van der Waals surface area contributed by atoms with E-state index in [-0.39, 0.29) is 45.7 Å². The number of hydrogen-bond donors (Lipinski definition) is 0. The van der Waals surface area contributed by atoms with Gasteiger partial charge >= 0.3 is 5.69 Å². The molecule has 0 unspecified atom stereocenters. The Morgan fingerprint density at radius 3 is 1.71 bits per heavy atom. The lowest BCUT2D eigenvalue weighted by Gasteiger charge is -2.21. The molecule has 0 aliphatic rings. The molecule has 0 aliphatic heterocycles. The van der Waals surface area contributed by atoms with Crippen LogP contribution in [0.2, 0.25) is 0 Å². The Bertz CT molecular complexity index is 981. The number of methoxy groups -OCH3 is 6. The molecule has 0 N–H and O–H groups in total. The maximum absolute atomic E-state index is 13.1. The van der Waals surface area contributed by atoms with Crippen LogP contribution in [0.5, 0.6) is 34.5 Å². The van der Waals surface area contributed by atoms with E-state index in [1.54, 1.807) is 6.07 Å². The largest absolute Gasteiger partial charge is 0.492 e. The second kappa shape index (κ2) is 10.2. The molecular formula is C21H23NO9. The molecule has 0 saturated carbocycles. The van der Waals surface area contributed by atoms with Crippen molar-refractivity contribution < 1.29 is 38.1 Å². The predicted molar refractivity (Wildman–Crippen MR) is 112 cm³/mol. The van der Waals surface area contributed by atoms with Gasteiger partial charge in [0, 0.05) is 6.07 Å². The SMILES string of the molecule is COc1ccc(/C=C/C(=O)c2c(OC)c(OC)c(OC)c(OC)c2OC)cc1[N+](=O)[O-]. The minimum Gasteiger partial charge on any atom is -0.492 e. The average molecular weight is 433 g/mol. The molecule has 0 bridgehead atoms. The van der Waals surface area contributed by atoms with E-state index in [1.807, 2.05) is 0 Å². The topological polar surface area (TPSA) is 116 Å². The Labute approximate surface area is 179 Å². The molecule has 0 atom stereocenters. The fourth-order valence-corrected chi connectivity index (χ4v) is 3.02. The number of benzene rings is 2. The normalized spacial score (nSPS) is 10.5. The van der Waals surface area contributed by atoms with Gasteiger partial charge in [-0.3, -0.25) is 14.9 Å². The van der Waals surface area contributed by atoms with Crippen molar-refractivity contribution in [2.24, 2.45) is 0 Å². The quantitative estimate of drug-likeness (QED) is 0.240. The summed E-state index contributed by atoms with van der Waals surface area (Å²) in [4.78, 5) is 23.8. The first-order valence-electron chi connectivity index (χ1n) is 8.87. The highest BCUT2D eigenvalue weighted by atomic mass is 16.6. The zero-order chi connectivity index (χ0) is 23.1. The van der Waals surface area contributed by atoms with E-state index in [4.69, 9.17) is 28.4 Å². The second-order valence-electron chi connectivity index (χ2n) is 5.93. The maximum atomic E-state index is 13.1. The fraction of sp³-hybridized carbons (Fsp3) is 0.286. The van der Waals surface area contributed by atoms with Crippen LogP contribution in [-0.4, -0.2) is 53.4 Å². The van der Waals surface area contributed by atoms with Crippen molar-refractivity contribution in [3.8, 4) is 34.5 Å².